The SMILES string of the molecule is CCCCCCN(CCCCCC)CCCOc1ccc(S(=O)(=O)c2c(C(C)C)cn3ccccc23)cc1. The molecule has 38 heavy (non-hydrogen) atoms. The average Bonchev–Trinajstić information content (AvgIpc) is 3.32. The highest BCUT2D eigenvalue weighted by Gasteiger charge is 2.27. The van der Waals surface area contributed by atoms with Crippen LogP contribution in [-0.2, 0) is 9.84 Å². The van der Waals surface area contributed by atoms with Gasteiger partial charge in [-0.3, -0.25) is 0 Å². The Morgan fingerprint density at radius 2 is 1.45 bits per heavy atom. The van der Waals surface area contributed by atoms with E-state index in [-0.39, 0.29) is 5.92 Å². The molecule has 0 N–H and O–H groups in total. The normalized spacial score (nSPS) is 12.2. The van der Waals surface area contributed by atoms with Gasteiger partial charge in [-0.2, -0.15) is 0 Å². The molecule has 0 saturated carbocycles. The predicted octanol–water partition coefficient (Wildman–Crippen LogP) is 8.13. The molecule has 6 heteroatoms. The Kier molecular flexibility index (Phi) is 12.2. The lowest BCUT2D eigenvalue weighted by molar-refractivity contribution is 0.226. The molecule has 210 valence electrons. The number of benzene rings is 1. The second-order valence-corrected chi connectivity index (χ2v) is 12.6. The van der Waals surface area contributed by atoms with Gasteiger partial charge in [0.25, 0.3) is 0 Å². The molecule has 5 nitrogen and oxygen atoms in total. The minimum atomic E-state index is -3.66. The van der Waals surface area contributed by atoms with Gasteiger partial charge in [-0.15, -0.1) is 0 Å². The number of hydrogen-bond acceptors (Lipinski definition) is 4. The summed E-state index contributed by atoms with van der Waals surface area (Å²) in [6.07, 6.45) is 15.1. The Balaban J connectivity index is 1.58. The van der Waals surface area contributed by atoms with E-state index in [4.69, 9.17) is 4.74 Å². The van der Waals surface area contributed by atoms with E-state index >= 15 is 0 Å². The first-order chi connectivity index (χ1) is 18.4. The van der Waals surface area contributed by atoms with Gasteiger partial charge in [0.05, 0.1) is 17.0 Å². The number of hydrogen-bond donors (Lipinski definition) is 0. The molecule has 0 saturated heterocycles. The summed E-state index contributed by atoms with van der Waals surface area (Å²) in [6, 6.07) is 12.6. The van der Waals surface area contributed by atoms with Crippen molar-refractivity contribution in [2.24, 2.45) is 0 Å². The van der Waals surface area contributed by atoms with Gasteiger partial charge in [0.15, 0.2) is 0 Å². The van der Waals surface area contributed by atoms with Gasteiger partial charge >= 0.3 is 0 Å². The molecule has 0 atom stereocenters. The summed E-state index contributed by atoms with van der Waals surface area (Å²) in [7, 11) is -3.66. The van der Waals surface area contributed by atoms with Gasteiger partial charge in [-0.1, -0.05) is 72.3 Å². The van der Waals surface area contributed by atoms with Crippen LogP contribution in [0.4, 0.5) is 0 Å². The maximum absolute atomic E-state index is 13.7. The van der Waals surface area contributed by atoms with Gasteiger partial charge in [0.2, 0.25) is 9.84 Å². The third kappa shape index (κ3) is 8.34. The zero-order chi connectivity index (χ0) is 27.4. The molecule has 0 spiro atoms. The second-order valence-electron chi connectivity index (χ2n) is 10.7. The topological polar surface area (TPSA) is 51.0 Å². The first-order valence-corrected chi connectivity index (χ1v) is 16.2. The van der Waals surface area contributed by atoms with Crippen molar-refractivity contribution >= 4 is 15.4 Å². The minimum absolute atomic E-state index is 0.0973. The highest BCUT2D eigenvalue weighted by atomic mass is 32.2. The van der Waals surface area contributed by atoms with Crippen LogP contribution in [0.15, 0.2) is 64.6 Å². The third-order valence-corrected chi connectivity index (χ3v) is 9.11. The lowest BCUT2D eigenvalue weighted by Crippen LogP contribution is -2.28. The maximum Gasteiger partial charge on any atom is 0.209 e. The largest absolute Gasteiger partial charge is 0.494 e. The summed E-state index contributed by atoms with van der Waals surface area (Å²) in [5.74, 6) is 0.812. The number of pyridine rings is 1. The molecule has 3 rings (SSSR count). The lowest BCUT2D eigenvalue weighted by atomic mass is 10.1. The molecular formula is C32H48N2O3S. The van der Waals surface area contributed by atoms with Gasteiger partial charge in [0.1, 0.15) is 10.6 Å². The fourth-order valence-electron chi connectivity index (χ4n) is 4.99. The van der Waals surface area contributed by atoms with Crippen LogP contribution in [0.1, 0.15) is 97.0 Å². The lowest BCUT2D eigenvalue weighted by Gasteiger charge is -2.22. The molecule has 0 aliphatic rings. The fraction of sp³-hybridized carbons (Fsp3) is 0.562. The van der Waals surface area contributed by atoms with Crippen molar-refractivity contribution < 1.29 is 13.2 Å². The van der Waals surface area contributed by atoms with Crippen LogP contribution in [0.25, 0.3) is 5.52 Å². The van der Waals surface area contributed by atoms with Crippen molar-refractivity contribution in [3.8, 4) is 5.75 Å². The first kappa shape index (κ1) is 30.2. The van der Waals surface area contributed by atoms with Crippen LogP contribution in [0, 0.1) is 0 Å². The molecule has 2 heterocycles. The summed E-state index contributed by atoms with van der Waals surface area (Å²) in [6.45, 7) is 12.6. The number of sulfone groups is 1. The molecule has 0 aliphatic carbocycles. The van der Waals surface area contributed by atoms with Crippen LogP contribution in [0.2, 0.25) is 0 Å². The monoisotopic (exact) mass is 540 g/mol. The second kappa shape index (κ2) is 15.3. The van der Waals surface area contributed by atoms with Crippen molar-refractivity contribution in [3.63, 3.8) is 0 Å². The van der Waals surface area contributed by atoms with E-state index in [1.807, 2.05) is 48.8 Å². The molecule has 0 radical (unpaired) electrons. The molecule has 0 amide bonds. The number of ether oxygens (including phenoxy) is 1. The average molecular weight is 541 g/mol. The van der Waals surface area contributed by atoms with Crippen molar-refractivity contribution in [1.82, 2.24) is 9.30 Å². The number of fused-ring (bicyclic) bond motifs is 1. The van der Waals surface area contributed by atoms with E-state index in [0.717, 1.165) is 18.5 Å². The number of unbranched alkanes of at least 4 members (excludes halogenated alkanes) is 6. The highest BCUT2D eigenvalue weighted by Crippen LogP contribution is 2.34. The molecule has 0 aliphatic heterocycles. The van der Waals surface area contributed by atoms with E-state index < -0.39 is 9.84 Å². The van der Waals surface area contributed by atoms with E-state index in [1.165, 1.54) is 64.5 Å². The molecule has 2 aromatic heterocycles. The fourth-order valence-corrected chi connectivity index (χ4v) is 6.77. The summed E-state index contributed by atoms with van der Waals surface area (Å²) in [5.41, 5.74) is 1.55. The van der Waals surface area contributed by atoms with Crippen LogP contribution in [-0.4, -0.2) is 44.0 Å². The smallest absolute Gasteiger partial charge is 0.209 e. The summed E-state index contributed by atoms with van der Waals surface area (Å²) < 4.78 is 35.3. The van der Waals surface area contributed by atoms with Gasteiger partial charge in [-0.25, -0.2) is 8.42 Å². The van der Waals surface area contributed by atoms with Crippen LogP contribution < -0.4 is 4.74 Å². The van der Waals surface area contributed by atoms with E-state index in [9.17, 15) is 8.42 Å². The van der Waals surface area contributed by atoms with Crippen molar-refractivity contribution in [2.75, 3.05) is 26.2 Å². The Bertz CT molecular complexity index is 1190. The Labute approximate surface area is 231 Å². The Hall–Kier alpha value is -2.31. The van der Waals surface area contributed by atoms with Crippen molar-refractivity contribution in [3.05, 3.63) is 60.4 Å². The van der Waals surface area contributed by atoms with Crippen molar-refractivity contribution in [1.29, 1.82) is 0 Å². The minimum Gasteiger partial charge on any atom is -0.494 e. The molecule has 1 aromatic carbocycles. The zero-order valence-corrected chi connectivity index (χ0v) is 24.8. The van der Waals surface area contributed by atoms with E-state index in [0.29, 0.717) is 27.7 Å². The van der Waals surface area contributed by atoms with E-state index in [2.05, 4.69) is 18.7 Å². The maximum atomic E-state index is 13.7. The predicted molar refractivity (Wildman–Crippen MR) is 158 cm³/mol. The summed E-state index contributed by atoms with van der Waals surface area (Å²) in [4.78, 5) is 3.30. The number of rotatable bonds is 18. The molecule has 0 bridgehead atoms. The van der Waals surface area contributed by atoms with Gasteiger partial charge < -0.3 is 14.0 Å². The quantitative estimate of drug-likeness (QED) is 0.153. The standard InChI is InChI=1S/C32H48N2O3S/c1-5-7-9-12-21-33(22-13-10-8-6-2)23-15-25-37-28-17-19-29(20-18-28)38(35,36)32-30(27(3)4)26-34-24-14-11-16-31(32)34/h11,14,16-20,24,26-27H,5-10,12-13,15,21-23,25H2,1-4H3. The number of nitrogens with zero attached hydrogens (tertiary/aromatic N) is 2. The van der Waals surface area contributed by atoms with Crippen LogP contribution in [0.3, 0.4) is 0 Å². The Morgan fingerprint density at radius 3 is 2.05 bits per heavy atom. The summed E-state index contributed by atoms with van der Waals surface area (Å²) in [5, 5.41) is 0. The van der Waals surface area contributed by atoms with Gasteiger partial charge in [-0.05, 0) is 80.2 Å². The molecular weight excluding hydrogens is 492 g/mol. The van der Waals surface area contributed by atoms with Crippen LogP contribution in [0.5, 0.6) is 5.75 Å². The third-order valence-electron chi connectivity index (χ3n) is 7.23. The molecule has 0 unspecified atom stereocenters. The number of aromatic nitrogens is 1. The Morgan fingerprint density at radius 1 is 0.816 bits per heavy atom. The van der Waals surface area contributed by atoms with E-state index in [1.54, 1.807) is 24.3 Å². The zero-order valence-electron chi connectivity index (χ0n) is 24.0. The van der Waals surface area contributed by atoms with Gasteiger partial charge in [0, 0.05) is 18.9 Å². The summed E-state index contributed by atoms with van der Waals surface area (Å²) >= 11 is 0. The first-order valence-electron chi connectivity index (χ1n) is 14.7. The van der Waals surface area contributed by atoms with Crippen LogP contribution >= 0.6 is 0 Å². The molecule has 3 aromatic rings. The van der Waals surface area contributed by atoms with Crippen molar-refractivity contribution in [2.45, 2.75) is 101 Å². The molecule has 0 fully saturated rings. The highest BCUT2D eigenvalue weighted by molar-refractivity contribution is 7.91.